The van der Waals surface area contributed by atoms with Gasteiger partial charge >= 0.3 is 0 Å². The fraction of sp³-hybridized carbons (Fsp3) is 0.333. The lowest BCUT2D eigenvalue weighted by Gasteiger charge is -2.22. The van der Waals surface area contributed by atoms with Crippen molar-refractivity contribution in [3.8, 4) is 0 Å². The maximum absolute atomic E-state index is 12.5. The predicted molar refractivity (Wildman–Crippen MR) is 84.3 cm³/mol. The van der Waals surface area contributed by atoms with Crippen LogP contribution in [0.2, 0.25) is 0 Å². The highest BCUT2D eigenvalue weighted by Crippen LogP contribution is 2.19. The van der Waals surface area contributed by atoms with Crippen LogP contribution in [0.5, 0.6) is 0 Å². The Bertz CT molecular complexity index is 778. The van der Waals surface area contributed by atoms with Gasteiger partial charge in [0.1, 0.15) is 0 Å². The van der Waals surface area contributed by atoms with Crippen LogP contribution >= 0.6 is 0 Å². The number of pyridine rings is 1. The highest BCUT2D eigenvalue weighted by molar-refractivity contribution is 7.91. The van der Waals surface area contributed by atoms with E-state index in [1.807, 2.05) is 24.3 Å². The van der Waals surface area contributed by atoms with Crippen molar-refractivity contribution in [2.75, 3.05) is 13.7 Å². The van der Waals surface area contributed by atoms with Crippen molar-refractivity contribution in [2.45, 2.75) is 17.5 Å². The number of benzene rings is 1. The first-order valence-corrected chi connectivity index (χ1v) is 8.66. The van der Waals surface area contributed by atoms with Crippen LogP contribution in [0.25, 0.3) is 10.9 Å². The number of amides is 1. The number of fused-ring (bicyclic) bond motifs is 1. The van der Waals surface area contributed by atoms with Crippen LogP contribution in [-0.2, 0) is 25.1 Å². The monoisotopic (exact) mass is 338 g/mol. The molecule has 1 heterocycles. The van der Waals surface area contributed by atoms with Gasteiger partial charge in [-0.1, -0.05) is 18.2 Å². The number of carbonyl (C=O) groups excluding carboxylic acids is 1. The summed E-state index contributed by atoms with van der Waals surface area (Å²) in [6.45, 7) is 0.102. The van der Waals surface area contributed by atoms with Gasteiger partial charge in [-0.05, 0) is 17.7 Å². The number of hydrogen-bond donors (Lipinski definition) is 1. The molecule has 1 amide bonds. The summed E-state index contributed by atoms with van der Waals surface area (Å²) in [4.78, 5) is 15.0. The van der Waals surface area contributed by atoms with Gasteiger partial charge in [-0.2, -0.15) is 0 Å². The topological polar surface area (TPSA) is 96.8 Å². The van der Waals surface area contributed by atoms with Gasteiger partial charge in [0.05, 0.1) is 11.3 Å². The molecule has 1 unspecified atom stereocenters. The van der Waals surface area contributed by atoms with Crippen LogP contribution in [0.4, 0.5) is 0 Å². The molecule has 0 spiro atoms. The van der Waals surface area contributed by atoms with E-state index >= 15 is 0 Å². The number of hydrogen-bond acceptors (Lipinski definition) is 6. The number of ether oxygens (including phenoxy) is 1. The molecule has 8 heteroatoms. The SMILES string of the molecule is COCCC(N(O)C=O)S(=O)(=O)Cc1cnc2ccccc2c1. The number of para-hydroxylation sites is 1. The fourth-order valence-electron chi connectivity index (χ4n) is 2.29. The van der Waals surface area contributed by atoms with Crippen LogP contribution in [0.15, 0.2) is 36.5 Å². The van der Waals surface area contributed by atoms with Crippen molar-refractivity contribution in [1.82, 2.24) is 10.0 Å². The Morgan fingerprint density at radius 3 is 2.83 bits per heavy atom. The van der Waals surface area contributed by atoms with Crippen LogP contribution in [0.3, 0.4) is 0 Å². The largest absolute Gasteiger partial charge is 0.385 e. The summed E-state index contributed by atoms with van der Waals surface area (Å²) >= 11 is 0. The lowest BCUT2D eigenvalue weighted by Crippen LogP contribution is -2.39. The van der Waals surface area contributed by atoms with Crippen LogP contribution in [-0.4, -0.2) is 49.2 Å². The van der Waals surface area contributed by atoms with Crippen molar-refractivity contribution in [1.29, 1.82) is 0 Å². The van der Waals surface area contributed by atoms with E-state index in [0.717, 1.165) is 10.9 Å². The first kappa shape index (κ1) is 17.3. The van der Waals surface area contributed by atoms with Crippen molar-refractivity contribution in [3.63, 3.8) is 0 Å². The number of nitrogens with zero attached hydrogens (tertiary/aromatic N) is 2. The number of sulfone groups is 1. The second kappa shape index (κ2) is 7.49. The number of carbonyl (C=O) groups is 1. The zero-order chi connectivity index (χ0) is 16.9. The second-order valence-electron chi connectivity index (χ2n) is 5.07. The lowest BCUT2D eigenvalue weighted by molar-refractivity contribution is -0.154. The quantitative estimate of drug-likeness (QED) is 0.443. The number of hydroxylamine groups is 2. The third-order valence-electron chi connectivity index (χ3n) is 3.40. The molecule has 1 aromatic carbocycles. The van der Waals surface area contributed by atoms with Gasteiger partial charge in [0, 0.05) is 31.7 Å². The van der Waals surface area contributed by atoms with Gasteiger partial charge in [-0.25, -0.2) is 13.5 Å². The summed E-state index contributed by atoms with van der Waals surface area (Å²) in [6.07, 6.45) is 1.54. The summed E-state index contributed by atoms with van der Waals surface area (Å²) in [7, 11) is -2.39. The van der Waals surface area contributed by atoms with Crippen molar-refractivity contribution in [2.24, 2.45) is 0 Å². The van der Waals surface area contributed by atoms with Crippen LogP contribution < -0.4 is 0 Å². The molecule has 7 nitrogen and oxygen atoms in total. The van der Waals surface area contributed by atoms with Crippen LogP contribution in [0.1, 0.15) is 12.0 Å². The van der Waals surface area contributed by atoms with Crippen molar-refractivity contribution < 1.29 is 23.2 Å². The van der Waals surface area contributed by atoms with Crippen molar-refractivity contribution in [3.05, 3.63) is 42.1 Å². The summed E-state index contributed by atoms with van der Waals surface area (Å²) < 4.78 is 29.8. The molecule has 0 aliphatic heterocycles. The second-order valence-corrected chi connectivity index (χ2v) is 7.22. The summed E-state index contributed by atoms with van der Waals surface area (Å²) in [5.41, 5.74) is 1.26. The highest BCUT2D eigenvalue weighted by Gasteiger charge is 2.30. The van der Waals surface area contributed by atoms with E-state index < -0.39 is 15.2 Å². The van der Waals surface area contributed by atoms with E-state index in [0.29, 0.717) is 5.56 Å². The first-order chi connectivity index (χ1) is 11.0. The average Bonchev–Trinajstić information content (AvgIpc) is 2.54. The molecule has 0 saturated heterocycles. The molecule has 0 aliphatic rings. The molecule has 0 bridgehead atoms. The fourth-order valence-corrected chi connectivity index (χ4v) is 3.94. The van der Waals surface area contributed by atoms with Gasteiger partial charge < -0.3 is 4.74 Å². The number of methoxy groups -OCH3 is 1. The summed E-state index contributed by atoms with van der Waals surface area (Å²) in [5.74, 6) is -0.329. The normalized spacial score (nSPS) is 13.0. The Balaban J connectivity index is 2.27. The Morgan fingerprint density at radius 1 is 1.39 bits per heavy atom. The third-order valence-corrected chi connectivity index (χ3v) is 5.42. The lowest BCUT2D eigenvalue weighted by atomic mass is 10.2. The highest BCUT2D eigenvalue weighted by atomic mass is 32.2. The van der Waals surface area contributed by atoms with Crippen LogP contribution in [0, 0.1) is 0 Å². The zero-order valence-corrected chi connectivity index (χ0v) is 13.4. The van der Waals surface area contributed by atoms with E-state index in [1.54, 1.807) is 6.07 Å². The zero-order valence-electron chi connectivity index (χ0n) is 12.6. The molecule has 124 valence electrons. The Kier molecular flexibility index (Phi) is 5.64. The first-order valence-electron chi connectivity index (χ1n) is 6.94. The standard InChI is InChI=1S/C15H18N2O5S/c1-22-7-6-15(17(19)11-18)23(20,21)10-12-8-13-4-2-3-5-14(13)16-9-12/h2-5,8-9,11,15,19H,6-7,10H2,1H3. The average molecular weight is 338 g/mol. The Labute approximate surface area is 134 Å². The van der Waals surface area contributed by atoms with E-state index in [2.05, 4.69) is 4.98 Å². The molecular weight excluding hydrogens is 320 g/mol. The molecule has 0 saturated carbocycles. The molecule has 1 atom stereocenters. The Hall–Kier alpha value is -2.03. The predicted octanol–water partition coefficient (Wildman–Crippen LogP) is 1.36. The minimum Gasteiger partial charge on any atom is -0.385 e. The minimum atomic E-state index is -3.80. The van der Waals surface area contributed by atoms with Gasteiger partial charge in [-0.15, -0.1) is 0 Å². The van der Waals surface area contributed by atoms with Gasteiger partial charge in [0.2, 0.25) is 6.41 Å². The molecule has 2 aromatic rings. The molecule has 0 aliphatic carbocycles. The van der Waals surface area contributed by atoms with E-state index in [9.17, 15) is 18.4 Å². The molecule has 2 rings (SSSR count). The molecule has 1 N–H and O–H groups in total. The smallest absolute Gasteiger partial charge is 0.234 e. The maximum atomic E-state index is 12.5. The Morgan fingerprint density at radius 2 is 2.13 bits per heavy atom. The number of rotatable bonds is 8. The molecule has 0 radical (unpaired) electrons. The van der Waals surface area contributed by atoms with E-state index in [-0.39, 0.29) is 30.3 Å². The molecule has 0 fully saturated rings. The number of aromatic nitrogens is 1. The molecular formula is C15H18N2O5S. The van der Waals surface area contributed by atoms with Crippen molar-refractivity contribution >= 4 is 27.2 Å². The molecule has 1 aromatic heterocycles. The molecule has 23 heavy (non-hydrogen) atoms. The van der Waals surface area contributed by atoms with E-state index in [1.165, 1.54) is 13.3 Å². The van der Waals surface area contributed by atoms with Gasteiger partial charge in [0.25, 0.3) is 0 Å². The van der Waals surface area contributed by atoms with Gasteiger partial charge in [-0.3, -0.25) is 15.0 Å². The minimum absolute atomic E-state index is 0.0188. The summed E-state index contributed by atoms with van der Waals surface area (Å²) in [5, 5.41) is 9.18. The maximum Gasteiger partial charge on any atom is 0.234 e. The third kappa shape index (κ3) is 4.25. The summed E-state index contributed by atoms with van der Waals surface area (Å²) in [6, 6.07) is 9.09. The van der Waals surface area contributed by atoms with Gasteiger partial charge in [0.15, 0.2) is 15.2 Å². The van der Waals surface area contributed by atoms with E-state index in [4.69, 9.17) is 4.74 Å².